The Kier molecular flexibility index (Phi) is 4.96. The first-order valence-electron chi connectivity index (χ1n) is 4.88. The zero-order chi connectivity index (χ0) is 13.0. The van der Waals surface area contributed by atoms with Crippen molar-refractivity contribution in [3.63, 3.8) is 0 Å². The van der Waals surface area contributed by atoms with Gasteiger partial charge < -0.3 is 5.11 Å². The molecule has 3 nitrogen and oxygen atoms in total. The molecule has 0 aliphatic rings. The molecule has 0 bridgehead atoms. The Bertz CT molecular complexity index is 462. The number of thioether (sulfide) groups is 1. The molecule has 0 amide bonds. The van der Waals surface area contributed by atoms with Gasteiger partial charge in [0.15, 0.2) is 5.12 Å². The number of carbonyl (C=O) groups excluding carboxylic acids is 1. The van der Waals surface area contributed by atoms with Crippen LogP contribution >= 0.6 is 23.4 Å². The highest BCUT2D eigenvalue weighted by Crippen LogP contribution is 2.31. The van der Waals surface area contributed by atoms with E-state index in [0.717, 1.165) is 23.9 Å². The van der Waals surface area contributed by atoms with E-state index in [0.29, 0.717) is 12.8 Å². The third-order valence-corrected chi connectivity index (χ3v) is 3.34. The maximum Gasteiger partial charge on any atom is 0.338 e. The molecule has 0 fully saturated rings. The molecule has 92 valence electrons. The molecule has 0 unspecified atom stereocenters. The van der Waals surface area contributed by atoms with Gasteiger partial charge in [0.2, 0.25) is 0 Å². The first kappa shape index (κ1) is 14.0. The minimum absolute atomic E-state index is 0.0435. The minimum Gasteiger partial charge on any atom is -0.478 e. The number of hydrogen-bond acceptors (Lipinski definition) is 3. The fraction of sp³-hybridized carbons (Fsp3) is 0.273. The van der Waals surface area contributed by atoms with Crippen LogP contribution in [-0.2, 0) is 4.79 Å². The van der Waals surface area contributed by atoms with E-state index < -0.39 is 17.3 Å². The van der Waals surface area contributed by atoms with Crippen molar-refractivity contribution in [1.29, 1.82) is 0 Å². The van der Waals surface area contributed by atoms with Crippen LogP contribution in [0.15, 0.2) is 17.0 Å². The molecule has 0 saturated heterocycles. The van der Waals surface area contributed by atoms with Gasteiger partial charge in [-0.2, -0.15) is 0 Å². The summed E-state index contributed by atoms with van der Waals surface area (Å²) >= 11 is 6.58. The minimum atomic E-state index is -1.39. The summed E-state index contributed by atoms with van der Waals surface area (Å²) in [6.45, 7) is 1.85. The number of halogens is 2. The summed E-state index contributed by atoms with van der Waals surface area (Å²) < 4.78 is 13.2. The zero-order valence-corrected chi connectivity index (χ0v) is 10.6. The van der Waals surface area contributed by atoms with E-state index in [1.165, 1.54) is 0 Å². The Morgan fingerprint density at radius 3 is 2.65 bits per heavy atom. The highest BCUT2D eigenvalue weighted by molar-refractivity contribution is 8.13. The standard InChI is InChI=1S/C11H10ClFO3S/c1-2-3-10(14)17-9-4-6(11(15)16)8(13)5-7(9)12/h4-5H,2-3H2,1H3,(H,15,16). The van der Waals surface area contributed by atoms with Gasteiger partial charge in [-0.05, 0) is 18.6 Å². The molecule has 0 aliphatic carbocycles. The van der Waals surface area contributed by atoms with Crippen molar-refractivity contribution in [3.05, 3.63) is 28.5 Å². The van der Waals surface area contributed by atoms with E-state index in [1.807, 2.05) is 6.92 Å². The van der Waals surface area contributed by atoms with Crippen molar-refractivity contribution < 1.29 is 19.1 Å². The van der Waals surface area contributed by atoms with Gasteiger partial charge in [0.05, 0.1) is 10.6 Å². The maximum atomic E-state index is 13.2. The van der Waals surface area contributed by atoms with E-state index in [1.54, 1.807) is 0 Å². The molecule has 1 aromatic rings. The fourth-order valence-corrected chi connectivity index (χ4v) is 2.30. The summed E-state index contributed by atoms with van der Waals surface area (Å²) in [6.07, 6.45) is 1.05. The molecule has 17 heavy (non-hydrogen) atoms. The van der Waals surface area contributed by atoms with Crippen LogP contribution in [0.25, 0.3) is 0 Å². The second-order valence-electron chi connectivity index (χ2n) is 3.29. The Balaban J connectivity index is 3.03. The summed E-state index contributed by atoms with van der Waals surface area (Å²) in [5.74, 6) is -2.29. The van der Waals surface area contributed by atoms with E-state index >= 15 is 0 Å². The number of rotatable bonds is 4. The van der Waals surface area contributed by atoms with Gasteiger partial charge in [-0.1, -0.05) is 30.3 Å². The molecule has 0 aliphatic heterocycles. The molecular weight excluding hydrogens is 267 g/mol. The average Bonchev–Trinajstić information content (AvgIpc) is 2.21. The Morgan fingerprint density at radius 1 is 1.47 bits per heavy atom. The SMILES string of the molecule is CCCC(=O)Sc1cc(C(=O)O)c(F)cc1Cl. The molecule has 1 aromatic carbocycles. The lowest BCUT2D eigenvalue weighted by Gasteiger charge is -2.05. The van der Waals surface area contributed by atoms with Crippen LogP contribution in [0.3, 0.4) is 0 Å². The lowest BCUT2D eigenvalue weighted by molar-refractivity contribution is -0.111. The molecule has 1 N–H and O–H groups in total. The predicted molar refractivity (Wildman–Crippen MR) is 64.1 cm³/mol. The summed E-state index contributed by atoms with van der Waals surface area (Å²) in [5, 5.41) is 8.66. The molecule has 0 spiro atoms. The summed E-state index contributed by atoms with van der Waals surface area (Å²) in [7, 11) is 0. The van der Waals surface area contributed by atoms with Crippen molar-refractivity contribution in [2.24, 2.45) is 0 Å². The fourth-order valence-electron chi connectivity index (χ4n) is 1.15. The van der Waals surface area contributed by atoms with Crippen LogP contribution in [0.1, 0.15) is 30.1 Å². The molecule has 0 aromatic heterocycles. The molecule has 0 heterocycles. The van der Waals surface area contributed by atoms with E-state index in [-0.39, 0.29) is 15.0 Å². The monoisotopic (exact) mass is 276 g/mol. The van der Waals surface area contributed by atoms with Crippen LogP contribution in [-0.4, -0.2) is 16.2 Å². The van der Waals surface area contributed by atoms with E-state index in [2.05, 4.69) is 0 Å². The van der Waals surface area contributed by atoms with Crippen molar-refractivity contribution in [2.75, 3.05) is 0 Å². The highest BCUT2D eigenvalue weighted by Gasteiger charge is 2.16. The van der Waals surface area contributed by atoms with Crippen molar-refractivity contribution in [1.82, 2.24) is 0 Å². The quantitative estimate of drug-likeness (QED) is 0.854. The lowest BCUT2D eigenvalue weighted by atomic mass is 10.2. The molecule has 0 radical (unpaired) electrons. The summed E-state index contributed by atoms with van der Waals surface area (Å²) in [4.78, 5) is 22.4. The molecule has 1 rings (SSSR count). The van der Waals surface area contributed by atoms with Crippen LogP contribution in [0.5, 0.6) is 0 Å². The van der Waals surface area contributed by atoms with Crippen molar-refractivity contribution in [3.8, 4) is 0 Å². The number of carboxylic acids is 1. The molecular formula is C11H10ClFO3S. The van der Waals surface area contributed by atoms with Crippen LogP contribution in [0.2, 0.25) is 5.02 Å². The predicted octanol–water partition coefficient (Wildman–Crippen LogP) is 3.60. The average molecular weight is 277 g/mol. The number of carboxylic acid groups (broad SMARTS) is 1. The maximum absolute atomic E-state index is 13.2. The number of benzene rings is 1. The van der Waals surface area contributed by atoms with E-state index in [4.69, 9.17) is 16.7 Å². The van der Waals surface area contributed by atoms with Crippen LogP contribution in [0, 0.1) is 5.82 Å². The van der Waals surface area contributed by atoms with Crippen molar-refractivity contribution >= 4 is 34.4 Å². The topological polar surface area (TPSA) is 54.4 Å². The molecule has 0 atom stereocenters. The molecule has 0 saturated carbocycles. The lowest BCUT2D eigenvalue weighted by Crippen LogP contribution is -2.01. The number of hydrogen-bond donors (Lipinski definition) is 1. The molecule has 6 heteroatoms. The van der Waals surface area contributed by atoms with Gasteiger partial charge in [0.25, 0.3) is 0 Å². The Hall–Kier alpha value is -1.07. The Morgan fingerprint density at radius 2 is 2.12 bits per heavy atom. The number of carbonyl (C=O) groups is 2. The third kappa shape index (κ3) is 3.71. The van der Waals surface area contributed by atoms with Gasteiger partial charge in [-0.3, -0.25) is 4.79 Å². The second-order valence-corrected chi connectivity index (χ2v) is 4.80. The van der Waals surface area contributed by atoms with Gasteiger partial charge in [-0.15, -0.1) is 0 Å². The highest BCUT2D eigenvalue weighted by atomic mass is 35.5. The summed E-state index contributed by atoms with van der Waals surface area (Å²) in [5.41, 5.74) is -0.485. The first-order valence-corrected chi connectivity index (χ1v) is 6.08. The first-order chi connectivity index (χ1) is 7.95. The van der Waals surface area contributed by atoms with Crippen LogP contribution < -0.4 is 0 Å². The Labute approximate surface area is 107 Å². The number of aromatic carboxylic acids is 1. The smallest absolute Gasteiger partial charge is 0.338 e. The summed E-state index contributed by atoms with van der Waals surface area (Å²) in [6, 6.07) is 1.99. The van der Waals surface area contributed by atoms with Crippen LogP contribution in [0.4, 0.5) is 4.39 Å². The normalized spacial score (nSPS) is 10.3. The largest absolute Gasteiger partial charge is 0.478 e. The van der Waals surface area contributed by atoms with Crippen molar-refractivity contribution in [2.45, 2.75) is 24.7 Å². The zero-order valence-electron chi connectivity index (χ0n) is 9.00. The van der Waals surface area contributed by atoms with Gasteiger partial charge >= 0.3 is 5.97 Å². The van der Waals surface area contributed by atoms with Gasteiger partial charge in [0.1, 0.15) is 5.82 Å². The second kappa shape index (κ2) is 6.02. The van der Waals surface area contributed by atoms with E-state index in [9.17, 15) is 14.0 Å². The van der Waals surface area contributed by atoms with Gasteiger partial charge in [-0.25, -0.2) is 9.18 Å². The van der Waals surface area contributed by atoms with Gasteiger partial charge in [0, 0.05) is 11.3 Å². The third-order valence-electron chi connectivity index (χ3n) is 1.93.